The zero-order chi connectivity index (χ0) is 32.6. The third-order valence-corrected chi connectivity index (χ3v) is 8.69. The fraction of sp³-hybridized carbons (Fsp3) is 0.344. The van der Waals surface area contributed by atoms with E-state index in [1.54, 1.807) is 20.8 Å². The summed E-state index contributed by atoms with van der Waals surface area (Å²) in [6, 6.07) is 20.3. The lowest BCUT2D eigenvalue weighted by Crippen LogP contribution is -2.45. The lowest BCUT2D eigenvalue weighted by atomic mass is 9.98. The molecule has 1 aliphatic carbocycles. The number of thioether (sulfide) groups is 1. The van der Waals surface area contributed by atoms with Crippen LogP contribution in [0.2, 0.25) is 0 Å². The lowest BCUT2D eigenvalue weighted by molar-refractivity contribution is -0.149. The number of amides is 2. The van der Waals surface area contributed by atoms with Crippen molar-refractivity contribution < 1.29 is 37.1 Å². The van der Waals surface area contributed by atoms with E-state index in [0.717, 1.165) is 22.3 Å². The molecule has 0 heterocycles. The van der Waals surface area contributed by atoms with E-state index < -0.39 is 39.8 Å². The molecule has 0 aliphatic heterocycles. The van der Waals surface area contributed by atoms with Gasteiger partial charge in [-0.25, -0.2) is 22.8 Å². The first-order valence-corrected chi connectivity index (χ1v) is 17.1. The quantitative estimate of drug-likeness (QED) is 0.179. The molecule has 240 valence electrons. The first-order valence-electron chi connectivity index (χ1n) is 14.3. The van der Waals surface area contributed by atoms with E-state index >= 15 is 0 Å². The summed E-state index contributed by atoms with van der Waals surface area (Å²) < 4.78 is 36.3. The van der Waals surface area contributed by atoms with Gasteiger partial charge in [0.1, 0.15) is 18.2 Å². The summed E-state index contributed by atoms with van der Waals surface area (Å²) in [5.41, 5.74) is 4.25. The molecule has 45 heavy (non-hydrogen) atoms. The highest BCUT2D eigenvalue weighted by molar-refractivity contribution is 7.98. The van der Waals surface area contributed by atoms with E-state index in [9.17, 15) is 22.8 Å². The standard InChI is InChI=1S/C32H37N3O8S2/c1-32(2,3)42-30(37)33-19-21-13-15-22(16-14-21)45(39,40)35-43-29(36)28(17-18-44-4)34-31(38)41-20-27-25-11-7-5-9-23(25)24-10-6-8-12-26(24)27/h5-16,27-28,35H,17-20H2,1-4H3,(H,33,37)(H,34,38)/t28-/m0/s1. The molecule has 0 spiro atoms. The van der Waals surface area contributed by atoms with Crippen molar-refractivity contribution in [1.82, 2.24) is 15.5 Å². The zero-order valence-corrected chi connectivity index (χ0v) is 27.1. The average molecular weight is 656 g/mol. The van der Waals surface area contributed by atoms with Crippen molar-refractivity contribution in [1.29, 1.82) is 0 Å². The molecule has 1 aliphatic rings. The van der Waals surface area contributed by atoms with Gasteiger partial charge in [-0.15, -0.1) is 0 Å². The van der Waals surface area contributed by atoms with Crippen LogP contribution in [0.4, 0.5) is 9.59 Å². The molecule has 0 radical (unpaired) electrons. The molecular formula is C32H37N3O8S2. The third kappa shape index (κ3) is 9.22. The Kier molecular flexibility index (Phi) is 11.1. The molecule has 4 rings (SSSR count). The van der Waals surface area contributed by atoms with Gasteiger partial charge in [-0.3, -0.25) is 0 Å². The SMILES string of the molecule is CSCC[C@H](NC(=O)OCC1c2ccccc2-c2ccccc21)C(=O)ONS(=O)(=O)c1ccc(CNC(=O)OC(C)(C)C)cc1. The number of rotatable bonds is 12. The molecule has 3 N–H and O–H groups in total. The van der Waals surface area contributed by atoms with Crippen LogP contribution >= 0.6 is 11.8 Å². The summed E-state index contributed by atoms with van der Waals surface area (Å²) in [4.78, 5) is 44.1. The number of ether oxygens (including phenoxy) is 2. The van der Waals surface area contributed by atoms with Crippen LogP contribution < -0.4 is 15.5 Å². The predicted molar refractivity (Wildman–Crippen MR) is 171 cm³/mol. The van der Waals surface area contributed by atoms with E-state index in [-0.39, 0.29) is 30.4 Å². The number of carbonyl (C=O) groups excluding carboxylic acids is 3. The Bertz CT molecular complexity index is 1580. The van der Waals surface area contributed by atoms with Gasteiger partial charge in [0.25, 0.3) is 10.0 Å². The molecule has 0 unspecified atom stereocenters. The number of sulfonamides is 1. The third-order valence-electron chi connectivity index (χ3n) is 6.85. The fourth-order valence-electron chi connectivity index (χ4n) is 4.76. The van der Waals surface area contributed by atoms with Crippen LogP contribution in [-0.4, -0.2) is 56.8 Å². The molecule has 0 fully saturated rings. The molecule has 3 aromatic carbocycles. The summed E-state index contributed by atoms with van der Waals surface area (Å²) in [6.45, 7) is 5.41. The second-order valence-electron chi connectivity index (χ2n) is 11.3. The maximum Gasteiger partial charge on any atom is 0.407 e. The smallest absolute Gasteiger partial charge is 0.407 e. The highest BCUT2D eigenvalue weighted by Crippen LogP contribution is 2.44. The van der Waals surface area contributed by atoms with Crippen molar-refractivity contribution in [3.63, 3.8) is 0 Å². The van der Waals surface area contributed by atoms with Gasteiger partial charge < -0.3 is 24.9 Å². The first kappa shape index (κ1) is 33.8. The molecule has 1 atom stereocenters. The highest BCUT2D eigenvalue weighted by atomic mass is 32.2. The summed E-state index contributed by atoms with van der Waals surface area (Å²) in [5, 5.41) is 5.11. The van der Waals surface area contributed by atoms with Gasteiger partial charge in [0.2, 0.25) is 0 Å². The minimum Gasteiger partial charge on any atom is -0.449 e. The Morgan fingerprint density at radius 3 is 2.07 bits per heavy atom. The van der Waals surface area contributed by atoms with Crippen LogP contribution in [0.25, 0.3) is 11.1 Å². The second kappa shape index (κ2) is 14.8. The molecule has 2 amide bonds. The first-order chi connectivity index (χ1) is 21.4. The van der Waals surface area contributed by atoms with Gasteiger partial charge in [-0.2, -0.15) is 11.8 Å². The number of hydrogen-bond donors (Lipinski definition) is 3. The fourth-order valence-corrected chi connectivity index (χ4v) is 6.01. The summed E-state index contributed by atoms with van der Waals surface area (Å²) in [7, 11) is -4.24. The van der Waals surface area contributed by atoms with Crippen molar-refractivity contribution >= 4 is 39.9 Å². The number of hydrogen-bond acceptors (Lipinski definition) is 9. The predicted octanol–water partition coefficient (Wildman–Crippen LogP) is 5.11. The number of nitrogens with one attached hydrogen (secondary N) is 3. The van der Waals surface area contributed by atoms with Gasteiger partial charge in [0, 0.05) is 12.5 Å². The number of benzene rings is 3. The van der Waals surface area contributed by atoms with Crippen molar-refractivity contribution in [2.75, 3.05) is 18.6 Å². The average Bonchev–Trinajstić information content (AvgIpc) is 3.33. The Hall–Kier alpha value is -4.07. The highest BCUT2D eigenvalue weighted by Gasteiger charge is 2.30. The Labute approximate surface area is 267 Å². The minimum atomic E-state index is -4.24. The van der Waals surface area contributed by atoms with Crippen LogP contribution in [0, 0.1) is 0 Å². The molecule has 11 nitrogen and oxygen atoms in total. The molecule has 0 bridgehead atoms. The van der Waals surface area contributed by atoms with E-state index in [1.807, 2.05) is 59.7 Å². The van der Waals surface area contributed by atoms with Gasteiger partial charge in [0.15, 0.2) is 0 Å². The Balaban J connectivity index is 1.31. The van der Waals surface area contributed by atoms with Crippen LogP contribution in [0.3, 0.4) is 0 Å². The van der Waals surface area contributed by atoms with Crippen molar-refractivity contribution in [2.24, 2.45) is 0 Å². The summed E-state index contributed by atoms with van der Waals surface area (Å²) >= 11 is 1.45. The van der Waals surface area contributed by atoms with Gasteiger partial charge in [-0.1, -0.05) is 60.7 Å². The van der Waals surface area contributed by atoms with Crippen molar-refractivity contribution in [3.05, 3.63) is 89.5 Å². The summed E-state index contributed by atoms with van der Waals surface area (Å²) in [6.07, 6.45) is 0.602. The van der Waals surface area contributed by atoms with Gasteiger partial charge in [-0.05, 0) is 84.0 Å². The number of carbonyl (C=O) groups is 3. The maximum absolute atomic E-state index is 12.9. The van der Waals surface area contributed by atoms with Crippen LogP contribution in [-0.2, 0) is 35.7 Å². The molecule has 0 saturated heterocycles. The second-order valence-corrected chi connectivity index (χ2v) is 13.9. The Morgan fingerprint density at radius 2 is 1.49 bits per heavy atom. The molecular weight excluding hydrogens is 618 g/mol. The van der Waals surface area contributed by atoms with Crippen LogP contribution in [0.1, 0.15) is 49.8 Å². The molecule has 3 aromatic rings. The van der Waals surface area contributed by atoms with Gasteiger partial charge in [0.05, 0.1) is 4.90 Å². The van der Waals surface area contributed by atoms with Crippen LogP contribution in [0.5, 0.6) is 0 Å². The molecule has 0 aromatic heterocycles. The lowest BCUT2D eigenvalue weighted by Gasteiger charge is -2.19. The monoisotopic (exact) mass is 655 g/mol. The minimum absolute atomic E-state index is 0.0556. The normalized spacial score (nSPS) is 13.2. The van der Waals surface area contributed by atoms with Crippen LogP contribution in [0.15, 0.2) is 77.7 Å². The number of alkyl carbamates (subject to hydrolysis) is 2. The molecule has 0 saturated carbocycles. The van der Waals surface area contributed by atoms with E-state index in [4.69, 9.17) is 14.3 Å². The largest absolute Gasteiger partial charge is 0.449 e. The number of fused-ring (bicyclic) bond motifs is 3. The topological polar surface area (TPSA) is 149 Å². The van der Waals surface area contributed by atoms with Crippen molar-refractivity contribution in [3.8, 4) is 11.1 Å². The summed E-state index contributed by atoms with van der Waals surface area (Å²) in [5.74, 6) is -0.653. The Morgan fingerprint density at radius 1 is 0.889 bits per heavy atom. The van der Waals surface area contributed by atoms with E-state index in [0.29, 0.717) is 11.3 Å². The van der Waals surface area contributed by atoms with Crippen molar-refractivity contribution in [2.45, 2.75) is 56.2 Å². The molecule has 13 heteroatoms. The zero-order valence-electron chi connectivity index (χ0n) is 25.5. The van der Waals surface area contributed by atoms with E-state index in [2.05, 4.69) is 10.6 Å². The van der Waals surface area contributed by atoms with E-state index in [1.165, 1.54) is 36.0 Å². The van der Waals surface area contributed by atoms with Gasteiger partial charge >= 0.3 is 18.2 Å². The maximum atomic E-state index is 12.9.